The Labute approximate surface area is 184 Å². The van der Waals surface area contributed by atoms with Crippen molar-refractivity contribution in [2.24, 2.45) is 5.92 Å². The van der Waals surface area contributed by atoms with Crippen LogP contribution in [0.25, 0.3) is 0 Å². The number of thiazole rings is 1. The number of carbonyl (C=O) groups is 1. The third-order valence-electron chi connectivity index (χ3n) is 5.30. The molecule has 0 unspecified atom stereocenters. The molecule has 0 fully saturated rings. The van der Waals surface area contributed by atoms with Crippen molar-refractivity contribution in [2.75, 3.05) is 11.2 Å². The Kier molecular flexibility index (Phi) is 8.85. The molecule has 0 aromatic carbocycles. The maximum Gasteiger partial charge on any atom is 0.413 e. The van der Waals surface area contributed by atoms with E-state index in [0.717, 1.165) is 4.88 Å². The van der Waals surface area contributed by atoms with Gasteiger partial charge in [-0.1, -0.05) is 39.0 Å². The van der Waals surface area contributed by atoms with Crippen LogP contribution in [0.3, 0.4) is 0 Å². The van der Waals surface area contributed by atoms with Gasteiger partial charge in [-0.05, 0) is 44.8 Å². The molecule has 1 heterocycles. The fraction of sp³-hybridized carbons (Fsp3) is 0.789. The van der Waals surface area contributed by atoms with Crippen LogP contribution >= 0.6 is 34.5 Å². The van der Waals surface area contributed by atoms with Crippen molar-refractivity contribution >= 4 is 54.1 Å². The second kappa shape index (κ2) is 9.64. The number of ether oxygens (including phenoxy) is 1. The summed E-state index contributed by atoms with van der Waals surface area (Å²) >= 11 is 13.9. The Morgan fingerprint density at radius 3 is 2.32 bits per heavy atom. The highest BCUT2D eigenvalue weighted by Gasteiger charge is 2.46. The summed E-state index contributed by atoms with van der Waals surface area (Å²) in [6.45, 7) is 18.8. The highest BCUT2D eigenvalue weighted by molar-refractivity contribution is 7.15. The van der Waals surface area contributed by atoms with Gasteiger partial charge >= 0.3 is 6.09 Å². The van der Waals surface area contributed by atoms with Gasteiger partial charge in [0.2, 0.25) is 0 Å². The quantitative estimate of drug-likeness (QED) is 0.328. The minimum Gasteiger partial charge on any atom is -0.444 e. The molecular formula is C19H34Cl2N2O3SSi. The van der Waals surface area contributed by atoms with Crippen molar-refractivity contribution in [3.63, 3.8) is 0 Å². The number of amides is 1. The number of nitrogens with one attached hydrogen (secondary N) is 1. The van der Waals surface area contributed by atoms with Crippen molar-refractivity contribution in [3.8, 4) is 0 Å². The molecule has 1 aromatic rings. The number of hydrogen-bond donors (Lipinski definition) is 1. The molecule has 5 nitrogen and oxygen atoms in total. The van der Waals surface area contributed by atoms with Gasteiger partial charge in [-0.25, -0.2) is 9.78 Å². The lowest BCUT2D eigenvalue weighted by molar-refractivity contribution is 0.0636. The first-order valence-corrected chi connectivity index (χ1v) is 14.1. The summed E-state index contributed by atoms with van der Waals surface area (Å²) in [4.78, 5) is 17.1. The van der Waals surface area contributed by atoms with E-state index in [0.29, 0.717) is 11.0 Å². The molecule has 0 bridgehead atoms. The largest absolute Gasteiger partial charge is 0.444 e. The summed E-state index contributed by atoms with van der Waals surface area (Å²) in [5, 5.41) is 2.75. The van der Waals surface area contributed by atoms with Gasteiger partial charge in [-0.2, -0.15) is 0 Å². The summed E-state index contributed by atoms with van der Waals surface area (Å²) in [6.07, 6.45) is 0.767. The van der Waals surface area contributed by atoms with Crippen LogP contribution in [0.1, 0.15) is 59.4 Å². The second-order valence-electron chi connectivity index (χ2n) is 9.29. The standard InChI is InChI=1S/C19H34Cl2N2O3SSi/c1-12(2)19(6,7)28(8,9)26-15(13(21)10-20)14-11-22-16(27-14)23-17(24)25-18(3,4)5/h11-13,15H,10H2,1-9H3,(H,22,23,24)/t13-,15-/m0/s1. The zero-order chi connectivity index (χ0) is 21.9. The number of hydrogen-bond acceptors (Lipinski definition) is 5. The smallest absolute Gasteiger partial charge is 0.413 e. The van der Waals surface area contributed by atoms with Crippen LogP contribution in [-0.2, 0) is 9.16 Å². The Bertz CT molecular complexity index is 660. The van der Waals surface area contributed by atoms with Crippen LogP contribution in [-0.4, -0.2) is 36.3 Å². The number of alkyl halides is 2. The normalized spacial score (nSPS) is 15.4. The number of anilines is 1. The molecule has 2 atom stereocenters. The number of carbonyl (C=O) groups excluding carboxylic acids is 1. The van der Waals surface area contributed by atoms with Gasteiger partial charge in [0, 0.05) is 12.1 Å². The molecule has 1 amide bonds. The fourth-order valence-corrected chi connectivity index (χ4v) is 6.53. The van der Waals surface area contributed by atoms with Gasteiger partial charge in [0.05, 0.1) is 16.4 Å². The molecule has 162 valence electrons. The van der Waals surface area contributed by atoms with E-state index >= 15 is 0 Å². The molecule has 0 spiro atoms. The predicted octanol–water partition coefficient (Wildman–Crippen LogP) is 7.04. The van der Waals surface area contributed by atoms with Crippen molar-refractivity contribution < 1.29 is 14.0 Å². The van der Waals surface area contributed by atoms with E-state index < -0.39 is 25.4 Å². The lowest BCUT2D eigenvalue weighted by Crippen LogP contribution is -2.47. The van der Waals surface area contributed by atoms with Crippen LogP contribution in [0.2, 0.25) is 18.1 Å². The minimum atomic E-state index is -2.15. The van der Waals surface area contributed by atoms with Crippen LogP contribution < -0.4 is 5.32 Å². The molecule has 0 aliphatic carbocycles. The van der Waals surface area contributed by atoms with Crippen molar-refractivity contribution in [1.82, 2.24) is 4.98 Å². The van der Waals surface area contributed by atoms with Gasteiger partial charge in [0.25, 0.3) is 0 Å². The third kappa shape index (κ3) is 6.87. The van der Waals surface area contributed by atoms with Crippen LogP contribution in [0, 0.1) is 5.92 Å². The average Bonchev–Trinajstić information content (AvgIpc) is 2.97. The molecule has 1 N–H and O–H groups in total. The fourth-order valence-electron chi connectivity index (χ4n) is 2.42. The Morgan fingerprint density at radius 2 is 1.86 bits per heavy atom. The molecule has 1 rings (SSSR count). The first-order chi connectivity index (χ1) is 12.6. The number of nitrogens with zero attached hydrogens (tertiary/aromatic N) is 1. The van der Waals surface area contributed by atoms with Crippen LogP contribution in [0.4, 0.5) is 9.93 Å². The topological polar surface area (TPSA) is 60.5 Å². The SMILES string of the molecule is CC(C)C(C)(C)[Si](C)(C)O[C@H](c1cnc(NC(=O)OC(C)(C)C)s1)[C@@H](Cl)CCl. The molecule has 0 saturated carbocycles. The maximum absolute atomic E-state index is 12.0. The Balaban J connectivity index is 3.04. The molecular weight excluding hydrogens is 435 g/mol. The van der Waals surface area contributed by atoms with E-state index in [1.807, 2.05) is 20.8 Å². The first-order valence-electron chi connectivity index (χ1n) is 9.44. The van der Waals surface area contributed by atoms with E-state index in [4.69, 9.17) is 32.4 Å². The average molecular weight is 470 g/mol. The number of rotatable bonds is 8. The second-order valence-corrected chi connectivity index (χ2v) is 15.8. The summed E-state index contributed by atoms with van der Waals surface area (Å²) < 4.78 is 11.9. The van der Waals surface area contributed by atoms with Gasteiger partial charge in [0.1, 0.15) is 5.60 Å². The summed E-state index contributed by atoms with van der Waals surface area (Å²) in [5.41, 5.74) is -0.576. The number of halogens is 2. The highest BCUT2D eigenvalue weighted by Crippen LogP contribution is 2.47. The lowest BCUT2D eigenvalue weighted by atomic mass is 9.99. The molecule has 0 aliphatic rings. The summed E-state index contributed by atoms with van der Waals surface area (Å²) in [5.74, 6) is 0.719. The maximum atomic E-state index is 12.0. The molecule has 0 aliphatic heterocycles. The van der Waals surface area contributed by atoms with E-state index in [9.17, 15) is 4.79 Å². The Hall–Kier alpha value is -0.343. The lowest BCUT2D eigenvalue weighted by Gasteiger charge is -2.44. The number of aromatic nitrogens is 1. The van der Waals surface area contributed by atoms with Crippen molar-refractivity contribution in [2.45, 2.75) is 83.7 Å². The zero-order valence-electron chi connectivity index (χ0n) is 18.4. The van der Waals surface area contributed by atoms with E-state index in [2.05, 4.69) is 51.1 Å². The van der Waals surface area contributed by atoms with Gasteiger partial charge < -0.3 is 9.16 Å². The van der Waals surface area contributed by atoms with Gasteiger partial charge in [-0.3, -0.25) is 5.32 Å². The molecule has 1 aromatic heterocycles. The summed E-state index contributed by atoms with van der Waals surface area (Å²) in [7, 11) is -2.15. The first kappa shape index (κ1) is 25.7. The van der Waals surface area contributed by atoms with Gasteiger partial charge in [0.15, 0.2) is 13.4 Å². The molecule has 0 radical (unpaired) electrons. The van der Waals surface area contributed by atoms with E-state index in [1.165, 1.54) is 11.3 Å². The van der Waals surface area contributed by atoms with Crippen LogP contribution in [0.15, 0.2) is 6.20 Å². The molecule has 9 heteroatoms. The van der Waals surface area contributed by atoms with Gasteiger partial charge in [-0.15, -0.1) is 23.2 Å². The van der Waals surface area contributed by atoms with Crippen molar-refractivity contribution in [1.29, 1.82) is 0 Å². The van der Waals surface area contributed by atoms with E-state index in [1.54, 1.807) is 6.20 Å². The van der Waals surface area contributed by atoms with Crippen molar-refractivity contribution in [3.05, 3.63) is 11.1 Å². The molecule has 0 saturated heterocycles. The predicted molar refractivity (Wildman–Crippen MR) is 123 cm³/mol. The zero-order valence-corrected chi connectivity index (χ0v) is 21.7. The minimum absolute atomic E-state index is 0.0381. The van der Waals surface area contributed by atoms with Crippen LogP contribution in [0.5, 0.6) is 0 Å². The summed E-state index contributed by atoms with van der Waals surface area (Å²) in [6, 6.07) is 0. The Morgan fingerprint density at radius 1 is 1.29 bits per heavy atom. The van der Waals surface area contributed by atoms with E-state index in [-0.39, 0.29) is 17.0 Å². The third-order valence-corrected chi connectivity index (χ3v) is 11.7. The highest BCUT2D eigenvalue weighted by atomic mass is 35.5. The monoisotopic (exact) mass is 468 g/mol. The molecule has 28 heavy (non-hydrogen) atoms.